The SMILES string of the molecule is FC(F)(F)c1ccccc1C(NCc1ccon1)C(F)(F)F. The van der Waals surface area contributed by atoms with Crippen LogP contribution in [0.15, 0.2) is 41.1 Å². The normalized spacial score (nSPS) is 14.1. The summed E-state index contributed by atoms with van der Waals surface area (Å²) in [6.07, 6.45) is -8.62. The largest absolute Gasteiger partial charge is 0.416 e. The molecule has 0 radical (unpaired) electrons. The van der Waals surface area contributed by atoms with E-state index in [-0.39, 0.29) is 12.2 Å². The fraction of sp³-hybridized carbons (Fsp3) is 0.308. The molecule has 0 amide bonds. The average molecular weight is 324 g/mol. The van der Waals surface area contributed by atoms with Crippen LogP contribution in [0, 0.1) is 0 Å². The zero-order chi connectivity index (χ0) is 16.4. The summed E-state index contributed by atoms with van der Waals surface area (Å²) in [7, 11) is 0. The molecule has 2 aromatic rings. The molecular formula is C13H10F6N2O. The number of halogens is 6. The minimum absolute atomic E-state index is 0.152. The van der Waals surface area contributed by atoms with E-state index in [1.165, 1.54) is 6.07 Å². The molecule has 0 saturated heterocycles. The van der Waals surface area contributed by atoms with E-state index in [0.29, 0.717) is 6.07 Å². The van der Waals surface area contributed by atoms with Crippen LogP contribution in [0.5, 0.6) is 0 Å². The van der Waals surface area contributed by atoms with Crippen LogP contribution in [-0.4, -0.2) is 11.3 Å². The second-order valence-electron chi connectivity index (χ2n) is 4.43. The first-order valence-electron chi connectivity index (χ1n) is 6.05. The number of benzene rings is 1. The Labute approximate surface area is 120 Å². The van der Waals surface area contributed by atoms with E-state index in [2.05, 4.69) is 9.68 Å². The van der Waals surface area contributed by atoms with Crippen LogP contribution in [0.3, 0.4) is 0 Å². The van der Waals surface area contributed by atoms with E-state index >= 15 is 0 Å². The zero-order valence-electron chi connectivity index (χ0n) is 10.9. The minimum atomic E-state index is -4.90. The summed E-state index contributed by atoms with van der Waals surface area (Å²) in [4.78, 5) is 0. The van der Waals surface area contributed by atoms with Gasteiger partial charge >= 0.3 is 12.4 Å². The summed E-state index contributed by atoms with van der Waals surface area (Å²) in [5.74, 6) is 0. The predicted octanol–water partition coefficient (Wildman–Crippen LogP) is 4.09. The van der Waals surface area contributed by atoms with Crippen molar-refractivity contribution in [3.63, 3.8) is 0 Å². The lowest BCUT2D eigenvalue weighted by Gasteiger charge is -2.24. The summed E-state index contributed by atoms with van der Waals surface area (Å²) < 4.78 is 82.5. The van der Waals surface area contributed by atoms with Gasteiger partial charge in [0.05, 0.1) is 11.3 Å². The molecule has 1 unspecified atom stereocenters. The molecule has 0 aliphatic rings. The first-order chi connectivity index (χ1) is 10.2. The third-order valence-electron chi connectivity index (χ3n) is 2.88. The molecule has 0 aliphatic heterocycles. The van der Waals surface area contributed by atoms with Crippen molar-refractivity contribution in [1.82, 2.24) is 10.5 Å². The monoisotopic (exact) mass is 324 g/mol. The first kappa shape index (κ1) is 16.3. The molecule has 120 valence electrons. The highest BCUT2D eigenvalue weighted by Crippen LogP contribution is 2.40. The van der Waals surface area contributed by atoms with Crippen molar-refractivity contribution in [3.8, 4) is 0 Å². The predicted molar refractivity (Wildman–Crippen MR) is 63.6 cm³/mol. The molecule has 0 aliphatic carbocycles. The van der Waals surface area contributed by atoms with Crippen molar-refractivity contribution in [2.45, 2.75) is 24.9 Å². The molecule has 1 aromatic heterocycles. The molecule has 22 heavy (non-hydrogen) atoms. The molecule has 1 aromatic carbocycles. The van der Waals surface area contributed by atoms with Crippen molar-refractivity contribution < 1.29 is 30.9 Å². The van der Waals surface area contributed by atoms with Gasteiger partial charge in [-0.1, -0.05) is 23.4 Å². The molecule has 2 rings (SSSR count). The lowest BCUT2D eigenvalue weighted by atomic mass is 9.99. The van der Waals surface area contributed by atoms with E-state index in [1.807, 2.05) is 5.32 Å². The maximum atomic E-state index is 13.1. The Balaban J connectivity index is 2.34. The van der Waals surface area contributed by atoms with Gasteiger partial charge in [0, 0.05) is 12.6 Å². The summed E-state index contributed by atoms with van der Waals surface area (Å²) in [5.41, 5.74) is -2.06. The number of aromatic nitrogens is 1. The summed E-state index contributed by atoms with van der Waals surface area (Å²) >= 11 is 0. The van der Waals surface area contributed by atoms with E-state index in [1.54, 1.807) is 0 Å². The van der Waals surface area contributed by atoms with E-state index in [9.17, 15) is 26.3 Å². The third kappa shape index (κ3) is 3.79. The maximum absolute atomic E-state index is 13.1. The first-order valence-corrected chi connectivity index (χ1v) is 6.05. The maximum Gasteiger partial charge on any atom is 0.416 e. The minimum Gasteiger partial charge on any atom is -0.364 e. The Bertz CT molecular complexity index is 606. The molecule has 1 heterocycles. The lowest BCUT2D eigenvalue weighted by molar-refractivity contribution is -0.163. The summed E-state index contributed by atoms with van der Waals surface area (Å²) in [6, 6.07) is 2.43. The van der Waals surface area contributed by atoms with Gasteiger partial charge in [0.25, 0.3) is 0 Å². The molecule has 1 atom stereocenters. The van der Waals surface area contributed by atoms with Gasteiger partial charge in [-0.3, -0.25) is 5.32 Å². The van der Waals surface area contributed by atoms with E-state index in [4.69, 9.17) is 0 Å². The Morgan fingerprint density at radius 3 is 2.27 bits per heavy atom. The zero-order valence-corrected chi connectivity index (χ0v) is 10.9. The van der Waals surface area contributed by atoms with Crippen LogP contribution in [0.25, 0.3) is 0 Å². The van der Waals surface area contributed by atoms with Gasteiger partial charge in [0.15, 0.2) is 0 Å². The molecule has 0 spiro atoms. The van der Waals surface area contributed by atoms with E-state index < -0.39 is 29.5 Å². The van der Waals surface area contributed by atoms with Crippen molar-refractivity contribution in [2.75, 3.05) is 0 Å². The fourth-order valence-electron chi connectivity index (χ4n) is 1.94. The van der Waals surface area contributed by atoms with Gasteiger partial charge in [-0.05, 0) is 11.6 Å². The standard InChI is InChI=1S/C13H10F6N2O/c14-12(15,16)10-4-2-1-3-9(10)11(13(17,18)19)20-7-8-5-6-22-21-8/h1-6,11,20H,7H2. The molecule has 0 bridgehead atoms. The molecule has 0 saturated carbocycles. The highest BCUT2D eigenvalue weighted by atomic mass is 19.4. The van der Waals surface area contributed by atoms with E-state index in [0.717, 1.165) is 24.5 Å². The van der Waals surface area contributed by atoms with Crippen molar-refractivity contribution >= 4 is 0 Å². The number of alkyl halides is 6. The average Bonchev–Trinajstić information content (AvgIpc) is 2.90. The highest BCUT2D eigenvalue weighted by molar-refractivity contribution is 5.33. The molecular weight excluding hydrogens is 314 g/mol. The third-order valence-corrected chi connectivity index (χ3v) is 2.88. The highest BCUT2D eigenvalue weighted by Gasteiger charge is 2.45. The Kier molecular flexibility index (Phi) is 4.45. The Hall–Kier alpha value is -2.03. The second kappa shape index (κ2) is 5.99. The fourth-order valence-corrected chi connectivity index (χ4v) is 1.94. The second-order valence-corrected chi connectivity index (χ2v) is 4.43. The molecule has 0 fully saturated rings. The van der Waals surface area contributed by atoms with Gasteiger partial charge in [0.2, 0.25) is 0 Å². The van der Waals surface area contributed by atoms with Crippen LogP contribution in [0.2, 0.25) is 0 Å². The van der Waals surface area contributed by atoms with Gasteiger partial charge in [-0.25, -0.2) is 0 Å². The number of hydrogen-bond acceptors (Lipinski definition) is 3. The number of hydrogen-bond donors (Lipinski definition) is 1. The topological polar surface area (TPSA) is 38.1 Å². The van der Waals surface area contributed by atoms with Crippen molar-refractivity contribution in [2.24, 2.45) is 0 Å². The lowest BCUT2D eigenvalue weighted by Crippen LogP contribution is -2.35. The number of rotatable bonds is 4. The van der Waals surface area contributed by atoms with Gasteiger partial charge in [-0.2, -0.15) is 26.3 Å². The van der Waals surface area contributed by atoms with Crippen LogP contribution in [0.4, 0.5) is 26.3 Å². The van der Waals surface area contributed by atoms with Gasteiger partial charge in [-0.15, -0.1) is 0 Å². The molecule has 3 nitrogen and oxygen atoms in total. The van der Waals surface area contributed by atoms with Crippen LogP contribution in [0.1, 0.15) is 22.9 Å². The van der Waals surface area contributed by atoms with Crippen LogP contribution < -0.4 is 5.32 Å². The van der Waals surface area contributed by atoms with Crippen molar-refractivity contribution in [3.05, 3.63) is 53.4 Å². The Morgan fingerprint density at radius 1 is 1.05 bits per heavy atom. The van der Waals surface area contributed by atoms with Crippen molar-refractivity contribution in [1.29, 1.82) is 0 Å². The smallest absolute Gasteiger partial charge is 0.364 e. The van der Waals surface area contributed by atoms with Crippen LogP contribution >= 0.6 is 0 Å². The quantitative estimate of drug-likeness (QED) is 0.861. The molecule has 9 heteroatoms. The van der Waals surface area contributed by atoms with Gasteiger partial charge < -0.3 is 4.52 Å². The van der Waals surface area contributed by atoms with Gasteiger partial charge in [0.1, 0.15) is 12.3 Å². The summed E-state index contributed by atoms with van der Waals surface area (Å²) in [6.45, 7) is -0.382. The Morgan fingerprint density at radius 2 is 1.73 bits per heavy atom. The number of nitrogens with one attached hydrogen (secondary N) is 1. The number of nitrogens with zero attached hydrogens (tertiary/aromatic N) is 1. The molecule has 1 N–H and O–H groups in total. The van der Waals surface area contributed by atoms with Crippen LogP contribution in [-0.2, 0) is 12.7 Å². The summed E-state index contributed by atoms with van der Waals surface area (Å²) in [5, 5.41) is 5.45.